The summed E-state index contributed by atoms with van der Waals surface area (Å²) in [6.45, 7) is -0.340. The summed E-state index contributed by atoms with van der Waals surface area (Å²) in [5.74, 6) is 0. The van der Waals surface area contributed by atoms with E-state index in [1.807, 2.05) is 0 Å². The van der Waals surface area contributed by atoms with Gasteiger partial charge >= 0.3 is 6.18 Å². The van der Waals surface area contributed by atoms with E-state index in [0.29, 0.717) is 22.8 Å². The third-order valence-corrected chi connectivity index (χ3v) is 4.68. The van der Waals surface area contributed by atoms with E-state index in [2.05, 4.69) is 14.4 Å². The lowest BCUT2D eigenvalue weighted by Crippen LogP contribution is -2.36. The first-order valence-electron chi connectivity index (χ1n) is 6.77. The summed E-state index contributed by atoms with van der Waals surface area (Å²) in [6, 6.07) is 7.23. The molecule has 1 heterocycles. The lowest BCUT2D eigenvalue weighted by molar-refractivity contribution is -0.137. The number of aromatic nitrogens is 1. The minimum Gasteiger partial charge on any atom is -0.258 e. The first-order valence-corrected chi connectivity index (χ1v) is 9.01. The van der Waals surface area contributed by atoms with Crippen LogP contribution in [0.2, 0.25) is 10.0 Å². The Morgan fingerprint density at radius 2 is 1.64 bits per heavy atom. The standard InChI is InChI=1S/C14H12Cl2F3N3O2S/c15-11-3-1-9(2-4-11)6-21-25(23,24)22-8-13-12(16)5-10(7-20-13)14(17,18)19/h1-5,7,21-22H,6,8H2. The minimum atomic E-state index is -4.57. The topological polar surface area (TPSA) is 71.1 Å². The Morgan fingerprint density at radius 1 is 1.04 bits per heavy atom. The fourth-order valence-electron chi connectivity index (χ4n) is 1.75. The van der Waals surface area contributed by atoms with E-state index in [4.69, 9.17) is 23.2 Å². The first kappa shape index (κ1) is 19.9. The van der Waals surface area contributed by atoms with Gasteiger partial charge in [-0.2, -0.15) is 31.0 Å². The molecule has 0 aliphatic carbocycles. The number of nitrogens with zero attached hydrogens (tertiary/aromatic N) is 1. The average molecular weight is 414 g/mol. The molecular weight excluding hydrogens is 402 g/mol. The molecule has 11 heteroatoms. The SMILES string of the molecule is O=S(=O)(NCc1ccc(Cl)cc1)NCc1ncc(C(F)(F)F)cc1Cl. The fraction of sp³-hybridized carbons (Fsp3) is 0.214. The van der Waals surface area contributed by atoms with Crippen molar-refractivity contribution in [1.29, 1.82) is 0 Å². The van der Waals surface area contributed by atoms with E-state index in [1.54, 1.807) is 24.3 Å². The van der Waals surface area contributed by atoms with Gasteiger partial charge < -0.3 is 0 Å². The van der Waals surface area contributed by atoms with Crippen molar-refractivity contribution in [3.63, 3.8) is 0 Å². The van der Waals surface area contributed by atoms with Crippen LogP contribution in [-0.2, 0) is 29.5 Å². The zero-order valence-electron chi connectivity index (χ0n) is 12.4. The number of alkyl halides is 3. The molecular formula is C14H12Cl2F3N3O2S. The molecule has 1 aromatic heterocycles. The van der Waals surface area contributed by atoms with Gasteiger partial charge in [-0.3, -0.25) is 4.98 Å². The number of hydrogen-bond acceptors (Lipinski definition) is 3. The Balaban J connectivity index is 1.96. The Morgan fingerprint density at radius 3 is 2.20 bits per heavy atom. The Labute approximate surface area is 152 Å². The molecule has 2 rings (SSSR count). The Bertz CT molecular complexity index is 843. The predicted molar refractivity (Wildman–Crippen MR) is 88.3 cm³/mol. The van der Waals surface area contributed by atoms with Crippen LogP contribution >= 0.6 is 23.2 Å². The van der Waals surface area contributed by atoms with Gasteiger partial charge in [-0.25, -0.2) is 0 Å². The molecule has 0 unspecified atom stereocenters. The van der Waals surface area contributed by atoms with Crippen LogP contribution in [0.15, 0.2) is 36.5 Å². The van der Waals surface area contributed by atoms with Gasteiger partial charge in [-0.15, -0.1) is 0 Å². The molecule has 0 saturated heterocycles. The van der Waals surface area contributed by atoms with Gasteiger partial charge in [0.25, 0.3) is 10.2 Å². The molecule has 0 bridgehead atoms. The number of nitrogens with one attached hydrogen (secondary N) is 2. The number of pyridine rings is 1. The lowest BCUT2D eigenvalue weighted by Gasteiger charge is -2.11. The molecule has 136 valence electrons. The number of halogens is 5. The molecule has 0 aliphatic rings. The zero-order valence-corrected chi connectivity index (χ0v) is 14.8. The van der Waals surface area contributed by atoms with Gasteiger partial charge in [-0.05, 0) is 23.8 Å². The van der Waals surface area contributed by atoms with E-state index in [0.717, 1.165) is 0 Å². The van der Waals surface area contributed by atoms with Crippen LogP contribution in [0.5, 0.6) is 0 Å². The molecule has 5 nitrogen and oxygen atoms in total. The smallest absolute Gasteiger partial charge is 0.258 e. The van der Waals surface area contributed by atoms with Crippen molar-refractivity contribution in [2.75, 3.05) is 0 Å². The quantitative estimate of drug-likeness (QED) is 0.760. The maximum Gasteiger partial charge on any atom is 0.417 e. The van der Waals surface area contributed by atoms with E-state index >= 15 is 0 Å². The molecule has 2 N–H and O–H groups in total. The monoisotopic (exact) mass is 413 g/mol. The van der Waals surface area contributed by atoms with Crippen molar-refractivity contribution < 1.29 is 21.6 Å². The highest BCUT2D eigenvalue weighted by molar-refractivity contribution is 7.87. The second-order valence-corrected chi connectivity index (χ2v) is 7.35. The van der Waals surface area contributed by atoms with Crippen molar-refractivity contribution in [3.05, 3.63) is 63.4 Å². The molecule has 2 aromatic rings. The highest BCUT2D eigenvalue weighted by Crippen LogP contribution is 2.30. The largest absolute Gasteiger partial charge is 0.417 e. The average Bonchev–Trinajstić information content (AvgIpc) is 2.52. The zero-order chi connectivity index (χ0) is 18.7. The van der Waals surface area contributed by atoms with E-state index in [9.17, 15) is 21.6 Å². The molecule has 0 spiro atoms. The van der Waals surface area contributed by atoms with Gasteiger partial charge in [-0.1, -0.05) is 35.3 Å². The van der Waals surface area contributed by atoms with E-state index in [-0.39, 0.29) is 23.8 Å². The van der Waals surface area contributed by atoms with Gasteiger partial charge in [0.2, 0.25) is 0 Å². The van der Waals surface area contributed by atoms with Crippen LogP contribution in [0.25, 0.3) is 0 Å². The molecule has 0 aliphatic heterocycles. The first-order chi connectivity index (χ1) is 11.6. The second kappa shape index (κ2) is 7.88. The molecule has 0 amide bonds. The van der Waals surface area contributed by atoms with Crippen molar-refractivity contribution in [1.82, 2.24) is 14.4 Å². The third-order valence-electron chi connectivity index (χ3n) is 3.05. The van der Waals surface area contributed by atoms with Crippen molar-refractivity contribution >= 4 is 33.4 Å². The van der Waals surface area contributed by atoms with Crippen molar-refractivity contribution in [2.45, 2.75) is 19.3 Å². The van der Waals surface area contributed by atoms with Crippen LogP contribution in [0, 0.1) is 0 Å². The van der Waals surface area contributed by atoms with E-state index in [1.165, 1.54) is 0 Å². The normalized spacial score (nSPS) is 12.4. The van der Waals surface area contributed by atoms with E-state index < -0.39 is 21.9 Å². The van der Waals surface area contributed by atoms with Crippen molar-refractivity contribution in [2.24, 2.45) is 0 Å². The Kier molecular flexibility index (Phi) is 6.28. The predicted octanol–water partition coefficient (Wildman–Crippen LogP) is 3.53. The summed E-state index contributed by atoms with van der Waals surface area (Å²) >= 11 is 11.5. The molecule has 0 radical (unpaired) electrons. The third kappa shape index (κ3) is 6.12. The van der Waals surface area contributed by atoms with Crippen LogP contribution < -0.4 is 9.44 Å². The molecule has 0 atom stereocenters. The summed E-state index contributed by atoms with van der Waals surface area (Å²) < 4.78 is 65.8. The number of benzene rings is 1. The highest BCUT2D eigenvalue weighted by atomic mass is 35.5. The number of rotatable bonds is 6. The van der Waals surface area contributed by atoms with Gasteiger partial charge in [0.1, 0.15) is 0 Å². The van der Waals surface area contributed by atoms with Gasteiger partial charge in [0.05, 0.1) is 22.8 Å². The maximum absolute atomic E-state index is 12.5. The van der Waals surface area contributed by atoms with Crippen LogP contribution in [0.4, 0.5) is 13.2 Å². The Hall–Kier alpha value is -1.39. The molecule has 0 saturated carbocycles. The molecule has 1 aromatic carbocycles. The summed E-state index contributed by atoms with van der Waals surface area (Å²) in [7, 11) is -3.90. The van der Waals surface area contributed by atoms with Crippen LogP contribution in [0.1, 0.15) is 16.8 Å². The van der Waals surface area contributed by atoms with Crippen molar-refractivity contribution in [3.8, 4) is 0 Å². The lowest BCUT2D eigenvalue weighted by atomic mass is 10.2. The summed E-state index contributed by atoms with van der Waals surface area (Å²) in [4.78, 5) is 3.55. The fourth-order valence-corrected chi connectivity index (χ4v) is 2.89. The number of hydrogen-bond donors (Lipinski definition) is 2. The molecule has 25 heavy (non-hydrogen) atoms. The van der Waals surface area contributed by atoms with Crippen LogP contribution in [-0.4, -0.2) is 13.4 Å². The molecule has 0 fully saturated rings. The summed E-state index contributed by atoms with van der Waals surface area (Å²) in [5.41, 5.74) is -0.350. The highest BCUT2D eigenvalue weighted by Gasteiger charge is 2.31. The van der Waals surface area contributed by atoms with Gasteiger partial charge in [0, 0.05) is 17.8 Å². The van der Waals surface area contributed by atoms with Crippen LogP contribution in [0.3, 0.4) is 0 Å². The maximum atomic E-state index is 12.5. The minimum absolute atomic E-state index is 0.0146. The summed E-state index contributed by atoms with van der Waals surface area (Å²) in [6.07, 6.45) is -3.98. The summed E-state index contributed by atoms with van der Waals surface area (Å²) in [5, 5.41) is 0.239. The van der Waals surface area contributed by atoms with Gasteiger partial charge in [0.15, 0.2) is 0 Å². The second-order valence-electron chi connectivity index (χ2n) is 4.92.